The molecule has 0 atom stereocenters. The first-order valence-corrected chi connectivity index (χ1v) is 4.01. The van der Waals surface area contributed by atoms with Crippen LogP contribution in [0, 0.1) is 5.82 Å². The fraction of sp³-hybridized carbons (Fsp3) is 0.250. The minimum atomic E-state index is -0.716. The summed E-state index contributed by atoms with van der Waals surface area (Å²) < 4.78 is 17.4. The van der Waals surface area contributed by atoms with Crippen molar-refractivity contribution in [2.45, 2.75) is 6.92 Å². The average Bonchev–Trinajstić information content (AvgIpc) is 2.10. The zero-order valence-corrected chi connectivity index (χ0v) is 7.64. The number of esters is 1. The molecule has 3 nitrogen and oxygen atoms in total. The number of halogens is 2. The van der Waals surface area contributed by atoms with Gasteiger partial charge >= 0.3 is 5.97 Å². The Labute approximate surface area is 79.5 Å². The fourth-order valence-corrected chi connectivity index (χ4v) is 0.951. The van der Waals surface area contributed by atoms with E-state index in [1.54, 1.807) is 6.92 Å². The van der Waals surface area contributed by atoms with E-state index in [2.05, 4.69) is 9.72 Å². The lowest BCUT2D eigenvalue weighted by atomic mass is 10.3. The highest BCUT2D eigenvalue weighted by Gasteiger charge is 2.15. The van der Waals surface area contributed by atoms with Crippen molar-refractivity contribution in [3.63, 3.8) is 0 Å². The lowest BCUT2D eigenvalue weighted by Gasteiger charge is -2.02. The van der Waals surface area contributed by atoms with Crippen LogP contribution in [0.4, 0.5) is 4.39 Å². The fourth-order valence-electron chi connectivity index (χ4n) is 0.762. The average molecular weight is 204 g/mol. The molecule has 5 heteroatoms. The normalized spacial score (nSPS) is 9.77. The molecule has 0 saturated heterocycles. The standard InChI is InChI=1S/C8H7ClFNO2/c1-2-13-8(12)7-6(9)5(10)3-4-11-7/h3-4H,2H2,1H3. The number of rotatable bonds is 2. The third kappa shape index (κ3) is 2.15. The third-order valence-electron chi connectivity index (χ3n) is 1.31. The Balaban J connectivity index is 3.01. The smallest absolute Gasteiger partial charge is 0.358 e. The molecule has 1 heterocycles. The monoisotopic (exact) mass is 203 g/mol. The molecule has 0 saturated carbocycles. The molecule has 0 aliphatic heterocycles. The van der Waals surface area contributed by atoms with Crippen LogP contribution in [0.5, 0.6) is 0 Å². The summed E-state index contributed by atoms with van der Waals surface area (Å²) in [6.07, 6.45) is 1.16. The molecule has 1 aromatic heterocycles. The molecule has 0 fully saturated rings. The summed E-state index contributed by atoms with van der Waals surface area (Å²) in [5, 5.41) is -0.305. The van der Waals surface area contributed by atoms with Gasteiger partial charge in [-0.3, -0.25) is 0 Å². The Morgan fingerprint density at radius 3 is 3.08 bits per heavy atom. The van der Waals surface area contributed by atoms with E-state index in [4.69, 9.17) is 11.6 Å². The Hall–Kier alpha value is -1.16. The Morgan fingerprint density at radius 1 is 1.77 bits per heavy atom. The van der Waals surface area contributed by atoms with Crippen molar-refractivity contribution in [3.05, 3.63) is 28.8 Å². The number of nitrogens with zero attached hydrogens (tertiary/aromatic N) is 1. The summed E-state index contributed by atoms with van der Waals surface area (Å²) >= 11 is 5.49. The summed E-state index contributed by atoms with van der Waals surface area (Å²) in [6, 6.07) is 1.07. The SMILES string of the molecule is CCOC(=O)c1nccc(F)c1Cl. The van der Waals surface area contributed by atoms with Crippen LogP contribution in [-0.4, -0.2) is 17.6 Å². The van der Waals surface area contributed by atoms with E-state index < -0.39 is 11.8 Å². The molecular formula is C8H7ClFNO2. The molecule has 0 unspecified atom stereocenters. The summed E-state index contributed by atoms with van der Waals surface area (Å²) in [4.78, 5) is 14.7. The van der Waals surface area contributed by atoms with Gasteiger partial charge < -0.3 is 4.74 Å². The highest BCUT2D eigenvalue weighted by Crippen LogP contribution is 2.17. The Bertz CT molecular complexity index is 330. The molecule has 1 rings (SSSR count). The van der Waals surface area contributed by atoms with Gasteiger partial charge in [0, 0.05) is 6.20 Å². The number of aromatic nitrogens is 1. The zero-order valence-electron chi connectivity index (χ0n) is 6.88. The summed E-state index contributed by atoms with van der Waals surface area (Å²) in [7, 11) is 0. The van der Waals surface area contributed by atoms with Gasteiger partial charge in [-0.15, -0.1) is 0 Å². The Morgan fingerprint density at radius 2 is 2.46 bits per heavy atom. The zero-order chi connectivity index (χ0) is 9.84. The van der Waals surface area contributed by atoms with E-state index in [0.29, 0.717) is 0 Å². The van der Waals surface area contributed by atoms with Crippen molar-refractivity contribution in [3.8, 4) is 0 Å². The highest BCUT2D eigenvalue weighted by molar-refractivity contribution is 6.33. The van der Waals surface area contributed by atoms with E-state index >= 15 is 0 Å². The van der Waals surface area contributed by atoms with Crippen molar-refractivity contribution < 1.29 is 13.9 Å². The van der Waals surface area contributed by atoms with Crippen molar-refractivity contribution in [1.29, 1.82) is 0 Å². The van der Waals surface area contributed by atoms with Gasteiger partial charge in [0.25, 0.3) is 0 Å². The molecular weight excluding hydrogens is 197 g/mol. The van der Waals surface area contributed by atoms with Gasteiger partial charge in [-0.05, 0) is 13.0 Å². The minimum Gasteiger partial charge on any atom is -0.461 e. The number of hydrogen-bond acceptors (Lipinski definition) is 3. The number of pyridine rings is 1. The maximum Gasteiger partial charge on any atom is 0.358 e. The number of ether oxygens (including phenoxy) is 1. The van der Waals surface area contributed by atoms with Crippen LogP contribution in [0.1, 0.15) is 17.4 Å². The molecule has 70 valence electrons. The summed E-state index contributed by atoms with van der Waals surface area (Å²) in [6.45, 7) is 1.85. The predicted molar refractivity (Wildman–Crippen MR) is 45.2 cm³/mol. The second-order valence-electron chi connectivity index (χ2n) is 2.18. The van der Waals surface area contributed by atoms with Gasteiger partial charge in [-0.2, -0.15) is 0 Å². The quantitative estimate of drug-likeness (QED) is 0.691. The largest absolute Gasteiger partial charge is 0.461 e. The molecule has 1 aromatic rings. The summed E-state index contributed by atoms with van der Waals surface area (Å²) in [5.74, 6) is -1.40. The van der Waals surface area contributed by atoms with Crippen molar-refractivity contribution in [2.75, 3.05) is 6.61 Å². The highest BCUT2D eigenvalue weighted by atomic mass is 35.5. The minimum absolute atomic E-state index is 0.191. The van der Waals surface area contributed by atoms with Crippen LogP contribution in [0.15, 0.2) is 12.3 Å². The lowest BCUT2D eigenvalue weighted by Crippen LogP contribution is -2.08. The molecule has 0 radical (unpaired) electrons. The third-order valence-corrected chi connectivity index (χ3v) is 1.67. The number of carbonyl (C=O) groups excluding carboxylic acids is 1. The van der Waals surface area contributed by atoms with E-state index in [9.17, 15) is 9.18 Å². The molecule has 0 aromatic carbocycles. The van der Waals surface area contributed by atoms with Gasteiger partial charge in [0.15, 0.2) is 5.69 Å². The number of carbonyl (C=O) groups is 1. The van der Waals surface area contributed by atoms with Gasteiger partial charge in [-0.1, -0.05) is 11.6 Å². The van der Waals surface area contributed by atoms with E-state index in [-0.39, 0.29) is 17.3 Å². The second-order valence-corrected chi connectivity index (χ2v) is 2.55. The topological polar surface area (TPSA) is 39.2 Å². The molecule has 0 spiro atoms. The second kappa shape index (κ2) is 4.18. The van der Waals surface area contributed by atoms with Crippen LogP contribution >= 0.6 is 11.6 Å². The first-order chi connectivity index (χ1) is 6.16. The van der Waals surface area contributed by atoms with E-state index in [0.717, 1.165) is 12.3 Å². The predicted octanol–water partition coefficient (Wildman–Crippen LogP) is 2.05. The van der Waals surface area contributed by atoms with Crippen LogP contribution in [-0.2, 0) is 4.74 Å². The maximum absolute atomic E-state index is 12.8. The maximum atomic E-state index is 12.8. The first kappa shape index (κ1) is 9.92. The van der Waals surface area contributed by atoms with Crippen molar-refractivity contribution in [1.82, 2.24) is 4.98 Å². The molecule has 0 N–H and O–H groups in total. The van der Waals surface area contributed by atoms with E-state index in [1.807, 2.05) is 0 Å². The molecule has 0 amide bonds. The number of hydrogen-bond donors (Lipinski definition) is 0. The molecule has 0 aliphatic rings. The van der Waals surface area contributed by atoms with Crippen LogP contribution in [0.25, 0.3) is 0 Å². The summed E-state index contributed by atoms with van der Waals surface area (Å²) in [5.41, 5.74) is -0.191. The molecule has 13 heavy (non-hydrogen) atoms. The lowest BCUT2D eigenvalue weighted by molar-refractivity contribution is 0.0519. The van der Waals surface area contributed by atoms with Crippen molar-refractivity contribution in [2.24, 2.45) is 0 Å². The van der Waals surface area contributed by atoms with Gasteiger partial charge in [0.1, 0.15) is 10.8 Å². The van der Waals surface area contributed by atoms with Gasteiger partial charge in [0.05, 0.1) is 6.61 Å². The van der Waals surface area contributed by atoms with Gasteiger partial charge in [0.2, 0.25) is 0 Å². The van der Waals surface area contributed by atoms with Crippen LogP contribution < -0.4 is 0 Å². The van der Waals surface area contributed by atoms with Crippen LogP contribution in [0.3, 0.4) is 0 Å². The Kier molecular flexibility index (Phi) is 3.19. The van der Waals surface area contributed by atoms with Gasteiger partial charge in [-0.25, -0.2) is 14.2 Å². The van der Waals surface area contributed by atoms with Crippen LogP contribution in [0.2, 0.25) is 5.02 Å². The van der Waals surface area contributed by atoms with Crippen molar-refractivity contribution >= 4 is 17.6 Å². The molecule has 0 aliphatic carbocycles. The van der Waals surface area contributed by atoms with E-state index in [1.165, 1.54) is 0 Å². The molecule has 0 bridgehead atoms. The first-order valence-electron chi connectivity index (χ1n) is 3.64.